The van der Waals surface area contributed by atoms with Crippen molar-refractivity contribution in [3.8, 4) is 0 Å². The molecule has 0 radical (unpaired) electrons. The van der Waals surface area contributed by atoms with Crippen LogP contribution in [0.5, 0.6) is 0 Å². The van der Waals surface area contributed by atoms with E-state index in [1.807, 2.05) is 0 Å². The lowest BCUT2D eigenvalue weighted by Gasteiger charge is -2.26. The molecule has 0 spiro atoms. The van der Waals surface area contributed by atoms with Crippen LogP contribution in [-0.2, 0) is 0 Å². The van der Waals surface area contributed by atoms with Gasteiger partial charge < -0.3 is 9.30 Å². The molecule has 244 valence electrons. The zero-order chi connectivity index (χ0) is 34.4. The Bertz CT molecular complexity index is 3580. The van der Waals surface area contributed by atoms with E-state index in [4.69, 9.17) is 4.98 Å². The Morgan fingerprint density at radius 2 is 1.00 bits per heavy atom. The summed E-state index contributed by atoms with van der Waals surface area (Å²) >= 11 is 0. The molecule has 4 heteroatoms. The Balaban J connectivity index is 1.25. The number of benzene rings is 8. The SMILES string of the molecule is c1ccc(N(c2ccccc2)c2cccc3c4cc5ccccc5c5c6nc7c(cc6n(c23)c45)c2cccc3c4c5ccccc5ccc4n7c23)cc1. The first-order chi connectivity index (χ1) is 26.3. The summed E-state index contributed by atoms with van der Waals surface area (Å²) in [6.07, 6.45) is 0. The molecular weight excluding hydrogens is 645 g/mol. The number of rotatable bonds is 3. The molecule has 0 bridgehead atoms. The van der Waals surface area contributed by atoms with Crippen LogP contribution in [0.3, 0.4) is 0 Å². The van der Waals surface area contributed by atoms with Crippen molar-refractivity contribution in [1.82, 2.24) is 13.8 Å². The highest BCUT2D eigenvalue weighted by molar-refractivity contribution is 6.34. The highest BCUT2D eigenvalue weighted by Gasteiger charge is 2.27. The highest BCUT2D eigenvalue weighted by Crippen LogP contribution is 2.49. The Labute approximate surface area is 302 Å². The number of fused-ring (bicyclic) bond motifs is 16. The van der Waals surface area contributed by atoms with Gasteiger partial charge in [0, 0.05) is 49.1 Å². The average molecular weight is 673 g/mol. The molecule has 13 aromatic rings. The second kappa shape index (κ2) is 9.78. The first-order valence-corrected chi connectivity index (χ1v) is 18.2. The Hall–Kier alpha value is -7.17. The predicted octanol–water partition coefficient (Wildman–Crippen LogP) is 13.2. The first kappa shape index (κ1) is 27.5. The molecular formula is C49H28N4. The van der Waals surface area contributed by atoms with Gasteiger partial charge in [-0.3, -0.25) is 4.40 Å². The fourth-order valence-corrected chi connectivity index (χ4v) is 9.60. The summed E-state index contributed by atoms with van der Waals surface area (Å²) in [4.78, 5) is 8.16. The molecule has 0 aliphatic rings. The van der Waals surface area contributed by atoms with Gasteiger partial charge in [0.05, 0.1) is 38.8 Å². The number of para-hydroxylation sites is 4. The minimum Gasteiger partial charge on any atom is -0.308 e. The molecule has 0 saturated carbocycles. The molecule has 5 heterocycles. The number of nitrogens with zero attached hydrogens (tertiary/aromatic N) is 4. The van der Waals surface area contributed by atoms with Crippen LogP contribution in [0.2, 0.25) is 0 Å². The molecule has 0 aliphatic carbocycles. The summed E-state index contributed by atoms with van der Waals surface area (Å²) in [7, 11) is 0. The molecule has 8 aromatic carbocycles. The van der Waals surface area contributed by atoms with E-state index < -0.39 is 0 Å². The molecule has 0 fully saturated rings. The molecule has 0 N–H and O–H groups in total. The van der Waals surface area contributed by atoms with Crippen LogP contribution in [-0.4, -0.2) is 13.8 Å². The van der Waals surface area contributed by atoms with Crippen LogP contribution >= 0.6 is 0 Å². The molecule has 0 atom stereocenters. The minimum atomic E-state index is 1.01. The molecule has 5 aromatic heterocycles. The van der Waals surface area contributed by atoms with Crippen molar-refractivity contribution in [2.45, 2.75) is 0 Å². The minimum absolute atomic E-state index is 1.01. The lowest BCUT2D eigenvalue weighted by molar-refractivity contribution is 1.27. The molecule has 0 aliphatic heterocycles. The van der Waals surface area contributed by atoms with Gasteiger partial charge in [-0.05, 0) is 70.1 Å². The fourth-order valence-electron chi connectivity index (χ4n) is 9.60. The number of aromatic nitrogens is 3. The summed E-state index contributed by atoms with van der Waals surface area (Å²) in [6.45, 7) is 0. The third kappa shape index (κ3) is 3.39. The van der Waals surface area contributed by atoms with Gasteiger partial charge >= 0.3 is 0 Å². The van der Waals surface area contributed by atoms with Crippen molar-refractivity contribution in [3.63, 3.8) is 0 Å². The number of anilines is 3. The van der Waals surface area contributed by atoms with Gasteiger partial charge in [0.2, 0.25) is 0 Å². The number of hydrogen-bond acceptors (Lipinski definition) is 2. The van der Waals surface area contributed by atoms with Gasteiger partial charge in [0.25, 0.3) is 0 Å². The smallest absolute Gasteiger partial charge is 0.146 e. The van der Waals surface area contributed by atoms with Gasteiger partial charge in [0.1, 0.15) is 5.65 Å². The van der Waals surface area contributed by atoms with Crippen molar-refractivity contribution < 1.29 is 0 Å². The zero-order valence-corrected chi connectivity index (χ0v) is 28.5. The quantitative estimate of drug-likeness (QED) is 0.187. The van der Waals surface area contributed by atoms with E-state index in [-0.39, 0.29) is 0 Å². The van der Waals surface area contributed by atoms with Crippen LogP contribution in [0.4, 0.5) is 17.1 Å². The van der Waals surface area contributed by atoms with Crippen molar-refractivity contribution in [3.05, 3.63) is 170 Å². The summed E-state index contributed by atoms with van der Waals surface area (Å²) < 4.78 is 4.94. The summed E-state index contributed by atoms with van der Waals surface area (Å²) in [5.74, 6) is 0. The van der Waals surface area contributed by atoms with Gasteiger partial charge in [-0.1, -0.05) is 121 Å². The van der Waals surface area contributed by atoms with Crippen LogP contribution in [0.25, 0.3) is 98.0 Å². The predicted molar refractivity (Wildman–Crippen MR) is 223 cm³/mol. The van der Waals surface area contributed by atoms with E-state index in [0.717, 1.165) is 33.7 Å². The zero-order valence-electron chi connectivity index (χ0n) is 28.5. The molecule has 0 amide bonds. The van der Waals surface area contributed by atoms with Crippen LogP contribution in [0.15, 0.2) is 170 Å². The maximum atomic E-state index is 5.76. The molecule has 0 unspecified atom stereocenters. The van der Waals surface area contributed by atoms with Crippen molar-refractivity contribution in [1.29, 1.82) is 0 Å². The van der Waals surface area contributed by atoms with E-state index in [1.54, 1.807) is 0 Å². The largest absolute Gasteiger partial charge is 0.308 e. The lowest BCUT2D eigenvalue weighted by Crippen LogP contribution is -2.10. The van der Waals surface area contributed by atoms with Crippen LogP contribution < -0.4 is 4.90 Å². The van der Waals surface area contributed by atoms with E-state index in [9.17, 15) is 0 Å². The Morgan fingerprint density at radius 1 is 0.377 bits per heavy atom. The van der Waals surface area contributed by atoms with Crippen LogP contribution in [0.1, 0.15) is 0 Å². The van der Waals surface area contributed by atoms with Gasteiger partial charge in [-0.15, -0.1) is 0 Å². The maximum Gasteiger partial charge on any atom is 0.146 e. The van der Waals surface area contributed by atoms with Crippen molar-refractivity contribution in [2.24, 2.45) is 0 Å². The average Bonchev–Trinajstić information content (AvgIpc) is 3.94. The van der Waals surface area contributed by atoms with Crippen molar-refractivity contribution in [2.75, 3.05) is 4.90 Å². The second-order valence-electron chi connectivity index (χ2n) is 14.3. The summed E-state index contributed by atoms with van der Waals surface area (Å²) in [5.41, 5.74) is 11.4. The molecule has 13 rings (SSSR count). The van der Waals surface area contributed by atoms with Gasteiger partial charge in [-0.2, -0.15) is 0 Å². The number of pyridine rings is 1. The van der Waals surface area contributed by atoms with Crippen LogP contribution in [0, 0.1) is 0 Å². The normalized spacial score (nSPS) is 12.5. The second-order valence-corrected chi connectivity index (χ2v) is 14.3. The maximum absolute atomic E-state index is 5.76. The van der Waals surface area contributed by atoms with Crippen molar-refractivity contribution >= 4 is 115 Å². The first-order valence-electron chi connectivity index (χ1n) is 18.2. The summed E-state index contributed by atoms with van der Waals surface area (Å²) in [5, 5.41) is 13.6. The van der Waals surface area contributed by atoms with E-state index in [2.05, 4.69) is 184 Å². The molecule has 53 heavy (non-hydrogen) atoms. The third-order valence-electron chi connectivity index (χ3n) is 11.7. The third-order valence-corrected chi connectivity index (χ3v) is 11.7. The highest BCUT2D eigenvalue weighted by atomic mass is 15.2. The molecule has 0 saturated heterocycles. The Morgan fingerprint density at radius 3 is 1.77 bits per heavy atom. The topological polar surface area (TPSA) is 25.0 Å². The lowest BCUT2D eigenvalue weighted by atomic mass is 10.0. The summed E-state index contributed by atoms with van der Waals surface area (Å²) in [6, 6.07) is 61.9. The monoisotopic (exact) mass is 672 g/mol. The van der Waals surface area contributed by atoms with E-state index >= 15 is 0 Å². The number of hydrogen-bond donors (Lipinski definition) is 0. The Kier molecular flexibility index (Phi) is 5.08. The van der Waals surface area contributed by atoms with E-state index in [0.29, 0.717) is 0 Å². The molecule has 4 nitrogen and oxygen atoms in total. The van der Waals surface area contributed by atoms with Gasteiger partial charge in [0.15, 0.2) is 0 Å². The van der Waals surface area contributed by atoms with E-state index in [1.165, 1.54) is 81.3 Å². The fraction of sp³-hybridized carbons (Fsp3) is 0. The van der Waals surface area contributed by atoms with Gasteiger partial charge in [-0.25, -0.2) is 4.98 Å². The standard InChI is InChI=1S/C49H28N4/c1-3-15-31(16-4-1)51(32-17-5-2-6-18-32)41-24-12-22-35-38-27-30-14-8-10-20-34(30)44-45-42(52(47(35)41)48(38)44)28-39-36-21-11-23-37-43-33-19-9-7-13-29(33)25-26-40(43)53(46(36)37)49(39)50-45/h1-28H.